The summed E-state index contributed by atoms with van der Waals surface area (Å²) in [5.41, 5.74) is 3.00. The first-order valence-electron chi connectivity index (χ1n) is 10.5. The van der Waals surface area contributed by atoms with Crippen molar-refractivity contribution < 1.29 is 14.3 Å². The number of benzene rings is 3. The van der Waals surface area contributed by atoms with E-state index in [2.05, 4.69) is 5.32 Å². The molecule has 1 heterocycles. The van der Waals surface area contributed by atoms with E-state index in [4.69, 9.17) is 4.74 Å². The number of nitrogens with zero attached hydrogens (tertiary/aromatic N) is 1. The SMILES string of the molecule is COc1ccc(N2C(=O)C[C@]2(C(=O)Nc2ccccc2C)/C(C)=C/c2ccccc2)cc1. The van der Waals surface area contributed by atoms with E-state index in [-0.39, 0.29) is 18.2 Å². The molecule has 5 nitrogen and oxygen atoms in total. The Kier molecular flexibility index (Phi) is 5.82. The predicted octanol–water partition coefficient (Wildman–Crippen LogP) is 5.22. The second-order valence-electron chi connectivity index (χ2n) is 7.97. The molecule has 0 aromatic heterocycles. The number of amides is 2. The minimum Gasteiger partial charge on any atom is -0.497 e. The van der Waals surface area contributed by atoms with Gasteiger partial charge in [0.15, 0.2) is 5.54 Å². The lowest BCUT2D eigenvalue weighted by Gasteiger charge is -2.51. The van der Waals surface area contributed by atoms with Crippen LogP contribution in [0.3, 0.4) is 0 Å². The van der Waals surface area contributed by atoms with Crippen LogP contribution in [0.2, 0.25) is 0 Å². The number of ether oxygens (including phenoxy) is 1. The molecule has 3 aromatic rings. The molecule has 1 aliphatic heterocycles. The van der Waals surface area contributed by atoms with Crippen LogP contribution < -0.4 is 15.0 Å². The fraction of sp³-hybridized carbons (Fsp3) is 0.185. The summed E-state index contributed by atoms with van der Waals surface area (Å²) in [4.78, 5) is 28.2. The number of nitrogens with one attached hydrogen (secondary N) is 1. The Hall–Kier alpha value is -3.86. The second-order valence-corrected chi connectivity index (χ2v) is 7.97. The molecular formula is C27H26N2O3. The lowest BCUT2D eigenvalue weighted by Crippen LogP contribution is -2.70. The van der Waals surface area contributed by atoms with E-state index >= 15 is 0 Å². The van der Waals surface area contributed by atoms with Crippen molar-refractivity contribution in [2.45, 2.75) is 25.8 Å². The molecule has 32 heavy (non-hydrogen) atoms. The van der Waals surface area contributed by atoms with Gasteiger partial charge in [0.1, 0.15) is 5.75 Å². The van der Waals surface area contributed by atoms with Crippen LogP contribution in [-0.4, -0.2) is 24.5 Å². The van der Waals surface area contributed by atoms with E-state index in [0.29, 0.717) is 11.4 Å². The summed E-state index contributed by atoms with van der Waals surface area (Å²) in [6, 6.07) is 24.6. The summed E-state index contributed by atoms with van der Waals surface area (Å²) < 4.78 is 5.25. The molecule has 1 aliphatic rings. The van der Waals surface area contributed by atoms with Crippen LogP contribution in [-0.2, 0) is 9.59 Å². The van der Waals surface area contributed by atoms with Gasteiger partial charge in [-0.15, -0.1) is 0 Å². The minimum atomic E-state index is -1.12. The predicted molar refractivity (Wildman–Crippen MR) is 128 cm³/mol. The first kappa shape index (κ1) is 21.4. The Labute approximate surface area is 188 Å². The highest BCUT2D eigenvalue weighted by Crippen LogP contribution is 2.44. The van der Waals surface area contributed by atoms with Gasteiger partial charge in [-0.2, -0.15) is 0 Å². The van der Waals surface area contributed by atoms with Crippen LogP contribution in [0.5, 0.6) is 5.75 Å². The monoisotopic (exact) mass is 426 g/mol. The summed E-state index contributed by atoms with van der Waals surface area (Å²) >= 11 is 0. The standard InChI is InChI=1S/C27H26N2O3/c1-19-9-7-8-12-24(19)28-26(31)27(20(2)17-21-10-5-4-6-11-21)18-25(30)29(27)22-13-15-23(32-3)16-14-22/h4-17H,18H2,1-3H3,(H,28,31)/b20-17+/t27-/m1/s1. The van der Waals surface area contributed by atoms with Crippen LogP contribution in [0.4, 0.5) is 11.4 Å². The molecule has 4 rings (SSSR count). The molecule has 0 spiro atoms. The van der Waals surface area contributed by atoms with Crippen molar-refractivity contribution in [1.29, 1.82) is 0 Å². The lowest BCUT2D eigenvalue weighted by molar-refractivity contribution is -0.135. The van der Waals surface area contributed by atoms with Crippen LogP contribution >= 0.6 is 0 Å². The Morgan fingerprint density at radius 3 is 2.28 bits per heavy atom. The van der Waals surface area contributed by atoms with Gasteiger partial charge in [0.2, 0.25) is 5.91 Å². The molecule has 0 radical (unpaired) electrons. The van der Waals surface area contributed by atoms with Crippen molar-refractivity contribution in [3.05, 3.63) is 95.6 Å². The van der Waals surface area contributed by atoms with E-state index in [1.54, 1.807) is 24.1 Å². The molecule has 3 aromatic carbocycles. The van der Waals surface area contributed by atoms with Crippen molar-refractivity contribution >= 4 is 29.3 Å². The highest BCUT2D eigenvalue weighted by Gasteiger charge is 2.58. The van der Waals surface area contributed by atoms with Gasteiger partial charge in [0, 0.05) is 11.4 Å². The lowest BCUT2D eigenvalue weighted by atomic mass is 9.75. The average molecular weight is 427 g/mol. The van der Waals surface area contributed by atoms with E-state index in [1.165, 1.54) is 0 Å². The second kappa shape index (κ2) is 8.71. The average Bonchev–Trinajstić information content (AvgIpc) is 2.79. The maximum absolute atomic E-state index is 13.8. The molecule has 1 N–H and O–H groups in total. The summed E-state index contributed by atoms with van der Waals surface area (Å²) in [5, 5.41) is 3.06. The zero-order valence-electron chi connectivity index (χ0n) is 18.5. The highest BCUT2D eigenvalue weighted by molar-refractivity contribution is 6.19. The van der Waals surface area contributed by atoms with Crippen LogP contribution in [0.1, 0.15) is 24.5 Å². The molecule has 1 atom stereocenters. The van der Waals surface area contributed by atoms with Gasteiger partial charge in [0.25, 0.3) is 5.91 Å². The van der Waals surface area contributed by atoms with Crippen LogP contribution in [0.15, 0.2) is 84.4 Å². The molecule has 0 bridgehead atoms. The summed E-state index contributed by atoms with van der Waals surface area (Å²) in [6.45, 7) is 3.86. The van der Waals surface area contributed by atoms with E-state index in [1.807, 2.05) is 86.7 Å². The molecule has 0 saturated carbocycles. The Morgan fingerprint density at radius 1 is 1.00 bits per heavy atom. The van der Waals surface area contributed by atoms with Gasteiger partial charge < -0.3 is 10.1 Å². The topological polar surface area (TPSA) is 58.6 Å². The van der Waals surface area contributed by atoms with Crippen molar-refractivity contribution in [2.75, 3.05) is 17.3 Å². The van der Waals surface area contributed by atoms with Gasteiger partial charge in [0.05, 0.1) is 13.5 Å². The Morgan fingerprint density at radius 2 is 1.66 bits per heavy atom. The number of β-lactam (4-membered cyclic amide) rings is 1. The zero-order valence-corrected chi connectivity index (χ0v) is 18.5. The van der Waals surface area contributed by atoms with E-state index in [0.717, 1.165) is 22.4 Å². The third-order valence-electron chi connectivity index (χ3n) is 5.97. The summed E-state index contributed by atoms with van der Waals surface area (Å²) in [6.07, 6.45) is 2.08. The number of aryl methyl sites for hydroxylation is 1. The zero-order chi connectivity index (χ0) is 22.7. The van der Waals surface area contributed by atoms with E-state index < -0.39 is 5.54 Å². The number of hydrogen-bond acceptors (Lipinski definition) is 3. The molecule has 2 amide bonds. The number of anilines is 2. The molecule has 1 saturated heterocycles. The number of hydrogen-bond donors (Lipinski definition) is 1. The Balaban J connectivity index is 1.78. The first-order chi connectivity index (χ1) is 15.5. The number of carbonyl (C=O) groups excluding carboxylic acids is 2. The van der Waals surface area contributed by atoms with Gasteiger partial charge in [-0.1, -0.05) is 54.6 Å². The smallest absolute Gasteiger partial charge is 0.255 e. The van der Waals surface area contributed by atoms with Crippen molar-refractivity contribution in [3.8, 4) is 5.75 Å². The summed E-state index contributed by atoms with van der Waals surface area (Å²) in [5.74, 6) is 0.357. The number of rotatable bonds is 6. The number of para-hydroxylation sites is 1. The largest absolute Gasteiger partial charge is 0.497 e. The number of methoxy groups -OCH3 is 1. The van der Waals surface area contributed by atoms with Crippen molar-refractivity contribution in [2.24, 2.45) is 0 Å². The minimum absolute atomic E-state index is 0.101. The van der Waals surface area contributed by atoms with Crippen LogP contribution in [0.25, 0.3) is 6.08 Å². The number of carbonyl (C=O) groups is 2. The summed E-state index contributed by atoms with van der Waals surface area (Å²) in [7, 11) is 1.59. The molecule has 1 fully saturated rings. The molecule has 0 unspecified atom stereocenters. The maximum Gasteiger partial charge on any atom is 0.255 e. The molecular weight excluding hydrogens is 400 g/mol. The van der Waals surface area contributed by atoms with Crippen molar-refractivity contribution in [3.63, 3.8) is 0 Å². The van der Waals surface area contributed by atoms with Gasteiger partial charge in [-0.25, -0.2) is 0 Å². The maximum atomic E-state index is 13.8. The quantitative estimate of drug-likeness (QED) is 0.550. The molecule has 0 aliphatic carbocycles. The van der Waals surface area contributed by atoms with Gasteiger partial charge >= 0.3 is 0 Å². The third kappa shape index (κ3) is 3.78. The van der Waals surface area contributed by atoms with E-state index in [9.17, 15) is 9.59 Å². The van der Waals surface area contributed by atoms with Crippen LogP contribution in [0, 0.1) is 6.92 Å². The fourth-order valence-corrected chi connectivity index (χ4v) is 4.13. The van der Waals surface area contributed by atoms with Gasteiger partial charge in [-0.3, -0.25) is 14.5 Å². The first-order valence-corrected chi connectivity index (χ1v) is 10.5. The molecule has 5 heteroatoms. The molecule has 162 valence electrons. The third-order valence-corrected chi connectivity index (χ3v) is 5.97. The normalized spacial score (nSPS) is 18.2. The fourth-order valence-electron chi connectivity index (χ4n) is 4.13. The highest BCUT2D eigenvalue weighted by atomic mass is 16.5. The Bertz CT molecular complexity index is 1170. The van der Waals surface area contributed by atoms with Gasteiger partial charge in [-0.05, 0) is 60.9 Å². The van der Waals surface area contributed by atoms with Crippen molar-refractivity contribution in [1.82, 2.24) is 0 Å².